The molecule has 1 aromatic heterocycles. The number of carbonyl (C=O) groups is 2. The number of rotatable bonds is 3. The number of carboxylic acids is 1. The molecule has 4 atom stereocenters. The summed E-state index contributed by atoms with van der Waals surface area (Å²) in [6.07, 6.45) is 1.30. The smallest absolute Gasteiger partial charge is 0.314 e. The van der Waals surface area contributed by atoms with Gasteiger partial charge in [0.2, 0.25) is 5.60 Å². The molecular formula is C23H15BrClNO5. The summed E-state index contributed by atoms with van der Waals surface area (Å²) in [6, 6.07) is 17.1. The number of ketones is 1. The Bertz CT molecular complexity index is 1220. The zero-order valence-corrected chi connectivity index (χ0v) is 18.2. The van der Waals surface area contributed by atoms with Gasteiger partial charge < -0.3 is 14.9 Å². The highest BCUT2D eigenvalue weighted by molar-refractivity contribution is 9.10. The van der Waals surface area contributed by atoms with Crippen LogP contribution in [0.5, 0.6) is 5.75 Å². The summed E-state index contributed by atoms with van der Waals surface area (Å²) < 4.78 is 7.13. The zero-order valence-electron chi connectivity index (χ0n) is 15.8. The molecule has 0 unspecified atom stereocenters. The van der Waals surface area contributed by atoms with E-state index in [0.29, 0.717) is 11.1 Å². The van der Waals surface area contributed by atoms with Crippen LogP contribution in [0, 0.1) is 5.92 Å². The molecule has 0 amide bonds. The van der Waals surface area contributed by atoms with Crippen molar-refractivity contribution in [3.05, 3.63) is 93.2 Å². The number of hydrogen-bond acceptors (Lipinski definition) is 5. The van der Waals surface area contributed by atoms with E-state index >= 15 is 0 Å². The van der Waals surface area contributed by atoms with Crippen molar-refractivity contribution in [2.75, 3.05) is 0 Å². The largest absolute Gasteiger partial charge is 0.481 e. The Labute approximate surface area is 190 Å². The van der Waals surface area contributed by atoms with Crippen LogP contribution < -0.4 is 4.74 Å². The second-order valence-corrected chi connectivity index (χ2v) is 8.98. The van der Waals surface area contributed by atoms with Gasteiger partial charge in [-0.1, -0.05) is 70.0 Å². The molecule has 2 heterocycles. The van der Waals surface area contributed by atoms with Crippen molar-refractivity contribution in [1.82, 2.24) is 4.98 Å². The number of benzene rings is 2. The first-order valence-electron chi connectivity index (χ1n) is 9.46. The molecular weight excluding hydrogens is 486 g/mol. The Hall–Kier alpha value is -2.74. The van der Waals surface area contributed by atoms with Gasteiger partial charge in [0, 0.05) is 16.7 Å². The molecule has 0 radical (unpaired) electrons. The fourth-order valence-corrected chi connectivity index (χ4v) is 5.29. The van der Waals surface area contributed by atoms with Gasteiger partial charge >= 0.3 is 5.97 Å². The van der Waals surface area contributed by atoms with Gasteiger partial charge in [0.05, 0.1) is 10.9 Å². The van der Waals surface area contributed by atoms with E-state index in [0.717, 1.165) is 4.47 Å². The maximum atomic E-state index is 13.6. The average Bonchev–Trinajstić information content (AvgIpc) is 3.12. The number of pyridine rings is 1. The summed E-state index contributed by atoms with van der Waals surface area (Å²) in [7, 11) is 0. The number of nitrogens with zero attached hydrogens (tertiary/aromatic N) is 1. The highest BCUT2D eigenvalue weighted by Crippen LogP contribution is 2.66. The number of carboxylic acid groups (broad SMARTS) is 1. The fraction of sp³-hybridized carbons (Fsp3) is 0.174. The number of aliphatic hydroxyl groups is 1. The molecule has 31 heavy (non-hydrogen) atoms. The van der Waals surface area contributed by atoms with Gasteiger partial charge in [-0.05, 0) is 23.3 Å². The van der Waals surface area contributed by atoms with E-state index in [1.54, 1.807) is 54.6 Å². The molecule has 5 rings (SSSR count). The Balaban J connectivity index is 1.88. The van der Waals surface area contributed by atoms with Gasteiger partial charge in [0.25, 0.3) is 0 Å². The third-order valence-electron chi connectivity index (χ3n) is 6.08. The zero-order chi connectivity index (χ0) is 22.0. The molecule has 1 saturated carbocycles. The highest BCUT2D eigenvalue weighted by atomic mass is 79.9. The highest BCUT2D eigenvalue weighted by Gasteiger charge is 2.78. The lowest BCUT2D eigenvalue weighted by atomic mass is 9.71. The molecule has 6 nitrogen and oxygen atoms in total. The molecule has 0 saturated heterocycles. The van der Waals surface area contributed by atoms with Crippen molar-refractivity contribution in [3.8, 4) is 5.75 Å². The van der Waals surface area contributed by atoms with Crippen molar-refractivity contribution >= 4 is 39.3 Å². The van der Waals surface area contributed by atoms with E-state index in [1.165, 1.54) is 12.3 Å². The van der Waals surface area contributed by atoms with Crippen LogP contribution in [0.25, 0.3) is 0 Å². The summed E-state index contributed by atoms with van der Waals surface area (Å²) in [5, 5.41) is 22.3. The number of aromatic nitrogens is 1. The van der Waals surface area contributed by atoms with E-state index in [4.69, 9.17) is 16.3 Å². The van der Waals surface area contributed by atoms with Crippen LogP contribution in [0.15, 0.2) is 71.3 Å². The molecule has 0 bridgehead atoms. The Kier molecular flexibility index (Phi) is 4.48. The summed E-state index contributed by atoms with van der Waals surface area (Å²) in [6.45, 7) is 0. The number of fused-ring (bicyclic) bond motifs is 3. The molecule has 3 aromatic rings. The quantitative estimate of drug-likeness (QED) is 0.527. The van der Waals surface area contributed by atoms with E-state index in [1.807, 2.05) is 0 Å². The minimum Gasteiger partial charge on any atom is -0.481 e. The fourth-order valence-electron chi connectivity index (χ4n) is 4.88. The predicted octanol–water partition coefficient (Wildman–Crippen LogP) is 4.04. The van der Waals surface area contributed by atoms with Crippen molar-refractivity contribution in [2.24, 2.45) is 5.92 Å². The maximum Gasteiger partial charge on any atom is 0.314 e. The second-order valence-electron chi connectivity index (χ2n) is 7.62. The van der Waals surface area contributed by atoms with Gasteiger partial charge in [0.1, 0.15) is 17.4 Å². The van der Waals surface area contributed by atoms with Crippen LogP contribution in [0.2, 0.25) is 5.02 Å². The minimum absolute atomic E-state index is 0.0329. The Morgan fingerprint density at radius 2 is 1.81 bits per heavy atom. The number of halogens is 2. The summed E-state index contributed by atoms with van der Waals surface area (Å²) in [5.74, 6) is -4.61. The Morgan fingerprint density at radius 3 is 2.45 bits per heavy atom. The van der Waals surface area contributed by atoms with Gasteiger partial charge in [-0.15, -0.1) is 0 Å². The number of hydrogen-bond donors (Lipinski definition) is 2. The summed E-state index contributed by atoms with van der Waals surface area (Å²) >= 11 is 9.49. The maximum absolute atomic E-state index is 13.6. The van der Waals surface area contributed by atoms with Crippen molar-refractivity contribution in [2.45, 2.75) is 17.1 Å². The molecule has 156 valence electrons. The van der Waals surface area contributed by atoms with Crippen LogP contribution in [0.3, 0.4) is 0 Å². The Morgan fingerprint density at radius 1 is 1.13 bits per heavy atom. The standard InChI is InChI=1S/C23H15BrClNO5/c24-14-8-6-13(7-9-14)23-18(12-4-2-1-3-5-12)17(21(28)29)20(27)22(23,30)19-16(31-23)10-15(25)11-26-19/h1-11,17-18,30H,(H,28,29)/t17-,18-,22+,23+/m1/s1. The number of aliphatic carboxylic acids is 1. The molecule has 1 aliphatic heterocycles. The van der Waals surface area contributed by atoms with Gasteiger partial charge in [0.15, 0.2) is 11.4 Å². The molecule has 0 spiro atoms. The van der Waals surface area contributed by atoms with Crippen LogP contribution >= 0.6 is 27.5 Å². The molecule has 1 aliphatic carbocycles. The normalized spacial score (nSPS) is 28.7. The van der Waals surface area contributed by atoms with Crippen LogP contribution in [-0.2, 0) is 20.8 Å². The topological polar surface area (TPSA) is 96.7 Å². The summed E-state index contributed by atoms with van der Waals surface area (Å²) in [4.78, 5) is 30.2. The third kappa shape index (κ3) is 2.57. The van der Waals surface area contributed by atoms with Crippen LogP contribution in [-0.4, -0.2) is 26.9 Å². The lowest BCUT2D eigenvalue weighted by molar-refractivity contribution is -0.154. The summed E-state index contributed by atoms with van der Waals surface area (Å²) in [5.41, 5.74) is -3.08. The molecule has 2 N–H and O–H groups in total. The minimum atomic E-state index is -2.32. The van der Waals surface area contributed by atoms with Crippen molar-refractivity contribution < 1.29 is 24.5 Å². The van der Waals surface area contributed by atoms with Gasteiger partial charge in [-0.25, -0.2) is 0 Å². The van der Waals surface area contributed by atoms with Gasteiger partial charge in [-0.3, -0.25) is 14.6 Å². The average molecular weight is 501 g/mol. The van der Waals surface area contributed by atoms with E-state index in [-0.39, 0.29) is 16.5 Å². The van der Waals surface area contributed by atoms with E-state index < -0.39 is 34.8 Å². The first-order chi connectivity index (χ1) is 14.8. The monoisotopic (exact) mass is 499 g/mol. The number of carbonyl (C=O) groups excluding carboxylic acids is 1. The second kappa shape index (κ2) is 6.88. The SMILES string of the molecule is O=C(O)[C@H]1C(=O)[C@@]2(O)c3ncc(Cl)cc3O[C@@]2(c2ccc(Br)cc2)[C@@H]1c1ccccc1. The molecule has 2 aromatic carbocycles. The first kappa shape index (κ1) is 20.2. The van der Waals surface area contributed by atoms with Crippen molar-refractivity contribution in [1.29, 1.82) is 0 Å². The lowest BCUT2D eigenvalue weighted by Gasteiger charge is -2.38. The van der Waals surface area contributed by atoms with Crippen molar-refractivity contribution in [3.63, 3.8) is 0 Å². The van der Waals surface area contributed by atoms with Gasteiger partial charge in [-0.2, -0.15) is 0 Å². The predicted molar refractivity (Wildman–Crippen MR) is 115 cm³/mol. The molecule has 8 heteroatoms. The first-order valence-corrected chi connectivity index (χ1v) is 10.6. The number of Topliss-reactive ketones (excluding diaryl/α,β-unsaturated/α-hetero) is 1. The van der Waals surface area contributed by atoms with E-state index in [9.17, 15) is 19.8 Å². The van der Waals surface area contributed by atoms with Crippen LogP contribution in [0.1, 0.15) is 22.7 Å². The van der Waals surface area contributed by atoms with E-state index in [2.05, 4.69) is 20.9 Å². The molecule has 1 fully saturated rings. The lowest BCUT2D eigenvalue weighted by Crippen LogP contribution is -2.51. The van der Waals surface area contributed by atoms with Crippen LogP contribution in [0.4, 0.5) is 0 Å². The molecule has 2 aliphatic rings. The number of ether oxygens (including phenoxy) is 1. The third-order valence-corrected chi connectivity index (χ3v) is 6.81.